The summed E-state index contributed by atoms with van der Waals surface area (Å²) >= 11 is 11.9. The SMILES string of the molecule is CCOC(=O)[C@@H](C[C@H](N)Cc1ccc(-c2cc(Cl)ccc2F)cc1)N=[N+]=[N-].[N-]=[N+]=N[C@H](C[C@H](CC(=O)c1cn[nH]n1)Cc1ccc(-c2cc(Cl)ccc2F)cc1)C(=O)O. The molecule has 19 heteroatoms. The lowest BCUT2D eigenvalue weighted by Crippen LogP contribution is -2.32. The van der Waals surface area contributed by atoms with E-state index < -0.39 is 41.8 Å². The molecule has 0 saturated heterocycles. The van der Waals surface area contributed by atoms with E-state index in [0.717, 1.165) is 11.1 Å². The summed E-state index contributed by atoms with van der Waals surface area (Å²) in [4.78, 5) is 41.0. The first-order valence-corrected chi connectivity index (χ1v) is 18.8. The minimum absolute atomic E-state index is 0.0120. The normalized spacial score (nSPS) is 12.6. The first kappa shape index (κ1) is 45.4. The molecular weight excluding hydrogens is 809 g/mol. The van der Waals surface area contributed by atoms with Crippen molar-refractivity contribution in [3.8, 4) is 22.3 Å². The van der Waals surface area contributed by atoms with Crippen molar-refractivity contribution in [2.75, 3.05) is 6.61 Å². The van der Waals surface area contributed by atoms with Gasteiger partial charge in [0, 0.05) is 43.5 Å². The number of halogens is 4. The molecular formula is C40H38Cl2F2N10O5. The van der Waals surface area contributed by atoms with E-state index in [2.05, 4.69) is 35.5 Å². The number of nitrogens with one attached hydrogen (secondary N) is 1. The number of esters is 1. The number of rotatable bonds is 18. The molecule has 59 heavy (non-hydrogen) atoms. The van der Waals surface area contributed by atoms with Gasteiger partial charge in [-0.2, -0.15) is 15.4 Å². The maximum atomic E-state index is 14.1. The van der Waals surface area contributed by atoms with Crippen LogP contribution in [0.15, 0.2) is 101 Å². The Bertz CT molecular complexity index is 2300. The number of Topliss-reactive ketones (excluding diaryl/α,β-unsaturated/α-hetero) is 1. The molecule has 0 aliphatic rings. The maximum absolute atomic E-state index is 14.1. The van der Waals surface area contributed by atoms with Crippen molar-refractivity contribution in [2.24, 2.45) is 21.9 Å². The van der Waals surface area contributed by atoms with E-state index in [1.54, 1.807) is 49.4 Å². The molecule has 0 aliphatic carbocycles. The summed E-state index contributed by atoms with van der Waals surface area (Å²) in [7, 11) is 0. The monoisotopic (exact) mass is 846 g/mol. The van der Waals surface area contributed by atoms with E-state index in [0.29, 0.717) is 45.1 Å². The van der Waals surface area contributed by atoms with Crippen LogP contribution in [0.2, 0.25) is 10.0 Å². The number of nitrogens with two attached hydrogens (primary N) is 1. The fourth-order valence-corrected chi connectivity index (χ4v) is 6.44. The van der Waals surface area contributed by atoms with Crippen LogP contribution in [0.5, 0.6) is 0 Å². The molecule has 0 fully saturated rings. The van der Waals surface area contributed by atoms with Crippen LogP contribution >= 0.6 is 23.2 Å². The van der Waals surface area contributed by atoms with E-state index in [4.69, 9.17) is 44.7 Å². The highest BCUT2D eigenvalue weighted by atomic mass is 35.5. The van der Waals surface area contributed by atoms with Crippen molar-refractivity contribution in [1.82, 2.24) is 15.4 Å². The summed E-state index contributed by atoms with van der Waals surface area (Å²) in [6.45, 7) is 1.88. The van der Waals surface area contributed by atoms with Gasteiger partial charge in [-0.15, -0.1) is 0 Å². The molecule has 0 saturated carbocycles. The average Bonchev–Trinajstić information content (AvgIpc) is 3.76. The van der Waals surface area contributed by atoms with Gasteiger partial charge < -0.3 is 15.6 Å². The number of ketones is 1. The first-order chi connectivity index (χ1) is 28.3. The van der Waals surface area contributed by atoms with Crippen molar-refractivity contribution in [3.63, 3.8) is 0 Å². The Morgan fingerprint density at radius 1 is 0.831 bits per heavy atom. The third-order valence-electron chi connectivity index (χ3n) is 8.89. The van der Waals surface area contributed by atoms with E-state index in [9.17, 15) is 28.3 Å². The molecule has 0 unspecified atom stereocenters. The highest BCUT2D eigenvalue weighted by Crippen LogP contribution is 2.29. The van der Waals surface area contributed by atoms with Gasteiger partial charge in [0.05, 0.1) is 12.8 Å². The zero-order valence-corrected chi connectivity index (χ0v) is 33.0. The van der Waals surface area contributed by atoms with Crippen LogP contribution in [0.3, 0.4) is 0 Å². The summed E-state index contributed by atoms with van der Waals surface area (Å²) < 4.78 is 33.0. The molecule has 4 atom stereocenters. The van der Waals surface area contributed by atoms with Crippen LogP contribution in [0.1, 0.15) is 47.8 Å². The van der Waals surface area contributed by atoms with Crippen molar-refractivity contribution in [3.05, 3.63) is 151 Å². The quantitative estimate of drug-likeness (QED) is 0.0251. The van der Waals surface area contributed by atoms with Crippen molar-refractivity contribution < 1.29 is 33.0 Å². The van der Waals surface area contributed by atoms with Crippen LogP contribution in [0.25, 0.3) is 43.1 Å². The van der Waals surface area contributed by atoms with E-state index in [1.807, 2.05) is 12.1 Å². The molecule has 4 aromatic carbocycles. The predicted molar refractivity (Wildman–Crippen MR) is 217 cm³/mol. The second kappa shape index (κ2) is 22.6. The predicted octanol–water partition coefficient (Wildman–Crippen LogP) is 9.50. The average molecular weight is 848 g/mol. The summed E-state index contributed by atoms with van der Waals surface area (Å²) in [6, 6.07) is 20.2. The number of aromatic nitrogens is 3. The Hall–Kier alpha value is -6.35. The van der Waals surface area contributed by atoms with Gasteiger partial charge in [-0.3, -0.25) is 14.4 Å². The molecule has 0 spiro atoms. The van der Waals surface area contributed by atoms with Crippen LogP contribution in [0.4, 0.5) is 8.78 Å². The van der Waals surface area contributed by atoms with Gasteiger partial charge in [-0.25, -0.2) is 8.78 Å². The summed E-state index contributed by atoms with van der Waals surface area (Å²) in [6.07, 6.45) is 2.22. The van der Waals surface area contributed by atoms with Crippen molar-refractivity contribution in [2.45, 2.75) is 57.2 Å². The summed E-state index contributed by atoms with van der Waals surface area (Å²) in [5.74, 6) is -3.37. The number of ether oxygens (including phenoxy) is 1. The second-order valence-electron chi connectivity index (χ2n) is 13.2. The number of carboxylic acid groups (broad SMARTS) is 1. The molecule has 0 radical (unpaired) electrons. The van der Waals surface area contributed by atoms with Gasteiger partial charge in [0.25, 0.3) is 0 Å². The molecule has 4 N–H and O–H groups in total. The summed E-state index contributed by atoms with van der Waals surface area (Å²) in [5.41, 5.74) is 27.3. The number of aliphatic carboxylic acids is 1. The number of azide groups is 2. The fraction of sp³-hybridized carbons (Fsp3) is 0.275. The van der Waals surface area contributed by atoms with Crippen LogP contribution in [-0.2, 0) is 27.2 Å². The van der Waals surface area contributed by atoms with E-state index >= 15 is 0 Å². The molecule has 1 aromatic heterocycles. The third kappa shape index (κ3) is 13.9. The number of benzene rings is 4. The molecule has 306 valence electrons. The number of carbonyl (C=O) groups is 3. The lowest BCUT2D eigenvalue weighted by molar-refractivity contribution is -0.145. The number of aromatic amines is 1. The topological polar surface area (TPSA) is 246 Å². The van der Waals surface area contributed by atoms with Gasteiger partial charge in [-0.05, 0) is 108 Å². The second-order valence-corrected chi connectivity index (χ2v) is 14.0. The first-order valence-electron chi connectivity index (χ1n) is 18.0. The largest absolute Gasteiger partial charge is 0.481 e. The Kier molecular flexibility index (Phi) is 17.3. The minimum Gasteiger partial charge on any atom is -0.481 e. The van der Waals surface area contributed by atoms with Crippen molar-refractivity contribution in [1.29, 1.82) is 0 Å². The number of nitrogens with zero attached hydrogens (tertiary/aromatic N) is 8. The van der Waals surface area contributed by atoms with Gasteiger partial charge in [0.2, 0.25) is 0 Å². The number of H-pyrrole nitrogens is 1. The fourth-order valence-electron chi connectivity index (χ4n) is 6.09. The summed E-state index contributed by atoms with van der Waals surface area (Å²) in [5, 5.41) is 26.7. The standard InChI is InChI=1S/C21H18ClFN6O3.C19H20ClFN4O2/c22-15-5-6-17(23)16(10-15)14-3-1-12(2-4-14)7-13(8-18(21(31)32)26-28-24)9-20(30)19-11-25-29-27-19;1-2-27-19(26)18(24-25-23)11-15(22)9-12-3-5-13(6-4-12)16-10-14(20)7-8-17(16)21/h1-6,10-11,13,18H,7-9H2,(H,31,32)(H,25,27,29);3-8,10,15,18H,2,9,11,22H2,1H3/t13-,18-;15-,18-/m11/s1. The number of carbonyl (C=O) groups excluding carboxylic acids is 2. The lowest BCUT2D eigenvalue weighted by Gasteiger charge is -2.18. The maximum Gasteiger partial charge on any atom is 0.314 e. The number of carboxylic acids is 1. The molecule has 5 aromatic rings. The van der Waals surface area contributed by atoms with Crippen LogP contribution < -0.4 is 5.73 Å². The number of hydrogen-bond donors (Lipinski definition) is 3. The Labute approximate surface area is 346 Å². The van der Waals surface area contributed by atoms with E-state index in [-0.39, 0.29) is 43.2 Å². The molecule has 0 aliphatic heterocycles. The van der Waals surface area contributed by atoms with Crippen LogP contribution in [0, 0.1) is 17.6 Å². The third-order valence-corrected chi connectivity index (χ3v) is 9.36. The Balaban J connectivity index is 0.000000265. The highest BCUT2D eigenvalue weighted by Gasteiger charge is 2.25. The minimum atomic E-state index is -1.31. The van der Waals surface area contributed by atoms with Gasteiger partial charge in [0.1, 0.15) is 29.4 Å². The molecule has 15 nitrogen and oxygen atoms in total. The van der Waals surface area contributed by atoms with Crippen LogP contribution in [-0.4, -0.2) is 63.0 Å². The number of hydrogen-bond acceptors (Lipinski definition) is 9. The van der Waals surface area contributed by atoms with E-state index in [1.165, 1.54) is 36.5 Å². The molecule has 1 heterocycles. The molecule has 5 rings (SSSR count). The molecule has 0 bridgehead atoms. The van der Waals surface area contributed by atoms with Gasteiger partial charge >= 0.3 is 11.9 Å². The van der Waals surface area contributed by atoms with Gasteiger partial charge in [0.15, 0.2) is 5.78 Å². The molecule has 0 amide bonds. The Morgan fingerprint density at radius 3 is 1.83 bits per heavy atom. The zero-order valence-electron chi connectivity index (χ0n) is 31.5. The highest BCUT2D eigenvalue weighted by molar-refractivity contribution is 6.31. The Morgan fingerprint density at radius 2 is 1.36 bits per heavy atom. The van der Waals surface area contributed by atoms with Gasteiger partial charge in [-0.1, -0.05) is 82.0 Å². The lowest BCUT2D eigenvalue weighted by atomic mass is 9.87. The zero-order chi connectivity index (χ0) is 42.9. The van der Waals surface area contributed by atoms with Crippen molar-refractivity contribution >= 4 is 40.9 Å². The smallest absolute Gasteiger partial charge is 0.314 e.